The maximum Gasteiger partial charge on any atom is 0.315 e. The first kappa shape index (κ1) is 15.2. The number of hydrogen-bond acceptors (Lipinski definition) is 2. The van der Waals surface area contributed by atoms with E-state index in [1.54, 1.807) is 0 Å². The van der Waals surface area contributed by atoms with E-state index in [0.29, 0.717) is 6.54 Å². The van der Waals surface area contributed by atoms with Crippen molar-refractivity contribution in [1.29, 1.82) is 0 Å². The number of rotatable bonds is 4. The lowest BCUT2D eigenvalue weighted by atomic mass is 10.1. The normalized spacial score (nSPS) is 12.1. The Kier molecular flexibility index (Phi) is 4.33. The van der Waals surface area contributed by atoms with E-state index in [-0.39, 0.29) is 12.1 Å². The quantitative estimate of drug-likeness (QED) is 0.755. The van der Waals surface area contributed by atoms with Gasteiger partial charge in [0.1, 0.15) is 11.3 Å². The fourth-order valence-electron chi connectivity index (χ4n) is 2.42. The summed E-state index contributed by atoms with van der Waals surface area (Å²) in [5, 5.41) is 6.79. The minimum atomic E-state index is -0.210. The standard InChI is InChI=1S/C19H20N2O2/c1-13-7-9-15(10-8-13)12-20-19(22)21-14(2)18-11-16-5-3-4-6-17(16)23-18/h3-11,14H,12H2,1-2H3,(H2,20,21,22)/t14-/m1/s1. The Morgan fingerprint density at radius 3 is 2.61 bits per heavy atom. The summed E-state index contributed by atoms with van der Waals surface area (Å²) in [5.74, 6) is 0.747. The highest BCUT2D eigenvalue weighted by Gasteiger charge is 2.13. The number of para-hydroxylation sites is 1. The van der Waals surface area contributed by atoms with Gasteiger partial charge in [-0.1, -0.05) is 48.0 Å². The third kappa shape index (κ3) is 3.72. The zero-order valence-electron chi connectivity index (χ0n) is 13.3. The molecule has 0 radical (unpaired) electrons. The molecule has 0 aliphatic heterocycles. The van der Waals surface area contributed by atoms with E-state index in [2.05, 4.69) is 10.6 Å². The van der Waals surface area contributed by atoms with Crippen LogP contribution in [-0.2, 0) is 6.54 Å². The molecule has 3 rings (SSSR count). The minimum Gasteiger partial charge on any atom is -0.459 e. The molecular formula is C19H20N2O2. The Morgan fingerprint density at radius 1 is 1.13 bits per heavy atom. The Balaban J connectivity index is 1.57. The van der Waals surface area contributed by atoms with Crippen molar-refractivity contribution in [1.82, 2.24) is 10.6 Å². The number of furan rings is 1. The van der Waals surface area contributed by atoms with Crippen LogP contribution in [0.1, 0.15) is 29.9 Å². The second-order valence-electron chi connectivity index (χ2n) is 5.72. The number of fused-ring (bicyclic) bond motifs is 1. The van der Waals surface area contributed by atoms with Crippen LogP contribution in [0.4, 0.5) is 4.79 Å². The highest BCUT2D eigenvalue weighted by atomic mass is 16.3. The average Bonchev–Trinajstić information content (AvgIpc) is 2.98. The highest BCUT2D eigenvalue weighted by Crippen LogP contribution is 2.23. The van der Waals surface area contributed by atoms with Crippen molar-refractivity contribution >= 4 is 17.0 Å². The van der Waals surface area contributed by atoms with E-state index >= 15 is 0 Å². The third-order valence-electron chi connectivity index (χ3n) is 3.79. The van der Waals surface area contributed by atoms with Gasteiger partial charge in [0.15, 0.2) is 0 Å². The zero-order chi connectivity index (χ0) is 16.2. The van der Waals surface area contributed by atoms with E-state index in [1.807, 2.05) is 68.4 Å². The largest absolute Gasteiger partial charge is 0.459 e. The number of carbonyl (C=O) groups is 1. The fourth-order valence-corrected chi connectivity index (χ4v) is 2.42. The molecule has 0 saturated heterocycles. The SMILES string of the molecule is Cc1ccc(CNC(=O)N[C@H](C)c2cc3ccccc3o2)cc1. The molecule has 0 spiro atoms. The van der Waals surface area contributed by atoms with Crippen LogP contribution in [0.3, 0.4) is 0 Å². The van der Waals surface area contributed by atoms with Gasteiger partial charge >= 0.3 is 6.03 Å². The Labute approximate surface area is 135 Å². The molecule has 1 atom stereocenters. The van der Waals surface area contributed by atoms with Gasteiger partial charge in [-0.3, -0.25) is 0 Å². The predicted molar refractivity (Wildman–Crippen MR) is 91.2 cm³/mol. The van der Waals surface area contributed by atoms with Gasteiger partial charge in [0, 0.05) is 11.9 Å². The van der Waals surface area contributed by atoms with Crippen molar-refractivity contribution in [2.24, 2.45) is 0 Å². The second kappa shape index (κ2) is 6.57. The van der Waals surface area contributed by atoms with Crippen LogP contribution in [0, 0.1) is 6.92 Å². The summed E-state index contributed by atoms with van der Waals surface area (Å²) in [6.45, 7) is 4.45. The minimum absolute atomic E-state index is 0.194. The van der Waals surface area contributed by atoms with Gasteiger partial charge in [0.05, 0.1) is 6.04 Å². The molecule has 0 bridgehead atoms. The first-order chi connectivity index (χ1) is 11.1. The monoisotopic (exact) mass is 308 g/mol. The molecule has 0 fully saturated rings. The van der Waals surface area contributed by atoms with Gasteiger partial charge in [-0.2, -0.15) is 0 Å². The second-order valence-corrected chi connectivity index (χ2v) is 5.72. The molecule has 4 heteroatoms. The van der Waals surface area contributed by atoms with Crippen LogP contribution in [-0.4, -0.2) is 6.03 Å². The molecular weight excluding hydrogens is 288 g/mol. The van der Waals surface area contributed by atoms with E-state index in [4.69, 9.17) is 4.42 Å². The van der Waals surface area contributed by atoms with Gasteiger partial charge in [-0.25, -0.2) is 4.79 Å². The van der Waals surface area contributed by atoms with Crippen LogP contribution in [0.25, 0.3) is 11.0 Å². The topological polar surface area (TPSA) is 54.3 Å². The van der Waals surface area contributed by atoms with Crippen LogP contribution in [0.5, 0.6) is 0 Å². The summed E-state index contributed by atoms with van der Waals surface area (Å²) >= 11 is 0. The van der Waals surface area contributed by atoms with Crippen LogP contribution >= 0.6 is 0 Å². The van der Waals surface area contributed by atoms with Gasteiger partial charge in [-0.05, 0) is 31.5 Å². The molecule has 2 aromatic carbocycles. The van der Waals surface area contributed by atoms with Gasteiger partial charge < -0.3 is 15.1 Å². The van der Waals surface area contributed by atoms with Gasteiger partial charge in [0.25, 0.3) is 0 Å². The fraction of sp³-hybridized carbons (Fsp3) is 0.211. The molecule has 0 unspecified atom stereocenters. The first-order valence-electron chi connectivity index (χ1n) is 7.70. The lowest BCUT2D eigenvalue weighted by Gasteiger charge is -2.12. The number of aryl methyl sites for hydroxylation is 1. The summed E-state index contributed by atoms with van der Waals surface area (Å²) in [6.07, 6.45) is 0. The lowest BCUT2D eigenvalue weighted by Crippen LogP contribution is -2.36. The number of amides is 2. The molecule has 3 aromatic rings. The molecule has 2 amide bonds. The smallest absolute Gasteiger partial charge is 0.315 e. The van der Waals surface area contributed by atoms with Crippen LogP contribution in [0.15, 0.2) is 59.0 Å². The van der Waals surface area contributed by atoms with Crippen molar-refractivity contribution in [3.63, 3.8) is 0 Å². The van der Waals surface area contributed by atoms with Gasteiger partial charge in [0.2, 0.25) is 0 Å². The highest BCUT2D eigenvalue weighted by molar-refractivity contribution is 5.78. The van der Waals surface area contributed by atoms with Crippen molar-refractivity contribution in [2.75, 3.05) is 0 Å². The summed E-state index contributed by atoms with van der Waals surface area (Å²) < 4.78 is 5.76. The molecule has 1 aromatic heterocycles. The summed E-state index contributed by atoms with van der Waals surface area (Å²) in [4.78, 5) is 12.0. The summed E-state index contributed by atoms with van der Waals surface area (Å²) in [7, 11) is 0. The average molecular weight is 308 g/mol. The van der Waals surface area contributed by atoms with Gasteiger partial charge in [-0.15, -0.1) is 0 Å². The Bertz CT molecular complexity index is 773. The Hall–Kier alpha value is -2.75. The van der Waals surface area contributed by atoms with Crippen molar-refractivity contribution in [3.8, 4) is 0 Å². The number of urea groups is 1. The number of hydrogen-bond donors (Lipinski definition) is 2. The van der Waals surface area contributed by atoms with E-state index in [1.165, 1.54) is 5.56 Å². The van der Waals surface area contributed by atoms with Crippen LogP contribution < -0.4 is 10.6 Å². The number of benzene rings is 2. The third-order valence-corrected chi connectivity index (χ3v) is 3.79. The molecule has 23 heavy (non-hydrogen) atoms. The zero-order valence-corrected chi connectivity index (χ0v) is 13.3. The van der Waals surface area contributed by atoms with E-state index in [0.717, 1.165) is 22.3 Å². The molecule has 4 nitrogen and oxygen atoms in total. The summed E-state index contributed by atoms with van der Waals surface area (Å²) in [6, 6.07) is 17.5. The van der Waals surface area contributed by atoms with E-state index in [9.17, 15) is 4.79 Å². The Morgan fingerprint density at radius 2 is 1.87 bits per heavy atom. The number of nitrogens with one attached hydrogen (secondary N) is 2. The molecule has 118 valence electrons. The van der Waals surface area contributed by atoms with Crippen molar-refractivity contribution in [2.45, 2.75) is 26.4 Å². The maximum absolute atomic E-state index is 12.0. The number of carbonyl (C=O) groups excluding carboxylic acids is 1. The van der Waals surface area contributed by atoms with Crippen molar-refractivity contribution in [3.05, 3.63) is 71.5 Å². The molecule has 0 aliphatic carbocycles. The van der Waals surface area contributed by atoms with Crippen LogP contribution in [0.2, 0.25) is 0 Å². The summed E-state index contributed by atoms with van der Waals surface area (Å²) in [5.41, 5.74) is 3.11. The molecule has 0 saturated carbocycles. The molecule has 2 N–H and O–H groups in total. The lowest BCUT2D eigenvalue weighted by molar-refractivity contribution is 0.236. The van der Waals surface area contributed by atoms with E-state index < -0.39 is 0 Å². The van der Waals surface area contributed by atoms with Crippen molar-refractivity contribution < 1.29 is 9.21 Å². The molecule has 1 heterocycles. The maximum atomic E-state index is 12.0. The predicted octanol–water partition coefficient (Wildman–Crippen LogP) is 4.30. The molecule has 0 aliphatic rings. The first-order valence-corrected chi connectivity index (χ1v) is 7.70.